The van der Waals surface area contributed by atoms with Crippen molar-refractivity contribution in [2.45, 2.75) is 50.6 Å². The Morgan fingerprint density at radius 1 is 1.10 bits per heavy atom. The molecule has 1 unspecified atom stereocenters. The highest BCUT2D eigenvalue weighted by Crippen LogP contribution is 2.56. The minimum Gasteiger partial charge on any atom is -0.325 e. The largest absolute Gasteiger partial charge is 0.325 e. The molecule has 1 fully saturated rings. The van der Waals surface area contributed by atoms with Crippen molar-refractivity contribution in [3.8, 4) is 6.07 Å². The van der Waals surface area contributed by atoms with Gasteiger partial charge in [-0.2, -0.15) is 5.26 Å². The first-order valence-electron chi connectivity index (χ1n) is 12.6. The van der Waals surface area contributed by atoms with E-state index in [0.717, 1.165) is 5.56 Å². The van der Waals surface area contributed by atoms with Crippen LogP contribution in [0.1, 0.15) is 49.8 Å². The van der Waals surface area contributed by atoms with Crippen LogP contribution in [-0.4, -0.2) is 23.9 Å². The first kappa shape index (κ1) is 27.1. The number of benzene rings is 3. The first-order valence-corrected chi connectivity index (χ1v) is 13.3. The highest BCUT2D eigenvalue weighted by Gasteiger charge is 2.65. The molecule has 0 bridgehead atoms. The van der Waals surface area contributed by atoms with E-state index < -0.39 is 29.2 Å². The second-order valence-electron chi connectivity index (χ2n) is 11.3. The van der Waals surface area contributed by atoms with Crippen LogP contribution in [-0.2, 0) is 15.0 Å². The quantitative estimate of drug-likeness (QED) is 0.342. The molecule has 2 aliphatic rings. The molecule has 6 nitrogen and oxygen atoms in total. The number of anilines is 2. The van der Waals surface area contributed by atoms with Crippen molar-refractivity contribution in [1.29, 1.82) is 5.26 Å². The van der Waals surface area contributed by atoms with Crippen LogP contribution in [0, 0.1) is 22.6 Å². The average Bonchev–Trinajstić information content (AvgIpc) is 3.35. The Labute approximate surface area is 236 Å². The van der Waals surface area contributed by atoms with Crippen molar-refractivity contribution in [3.05, 3.63) is 93.2 Å². The van der Waals surface area contributed by atoms with Crippen LogP contribution in [0.15, 0.2) is 60.7 Å². The fraction of sp³-hybridized carbons (Fsp3) is 0.300. The SMILES string of the molecule is CC(C)(C)C[C@@H]1N[C@@H](C(=O)Nc2ccc(C#N)cc2)[C@H](c2ccc(F)c(Cl)c2)C12C(=O)Nc1cc(Cl)ccc12. The zero-order chi connectivity index (χ0) is 28.1. The Hall–Kier alpha value is -3.44. The molecule has 0 aromatic heterocycles. The van der Waals surface area contributed by atoms with Gasteiger partial charge in [0, 0.05) is 28.4 Å². The van der Waals surface area contributed by atoms with E-state index in [1.807, 2.05) is 6.07 Å². The molecular formula is C30H27Cl2FN4O2. The van der Waals surface area contributed by atoms with E-state index in [1.54, 1.807) is 42.5 Å². The van der Waals surface area contributed by atoms with Crippen LogP contribution in [0.5, 0.6) is 0 Å². The first-order chi connectivity index (χ1) is 18.4. The van der Waals surface area contributed by atoms with Crippen molar-refractivity contribution in [3.63, 3.8) is 0 Å². The Morgan fingerprint density at radius 3 is 2.46 bits per heavy atom. The third kappa shape index (κ3) is 4.78. The predicted octanol–water partition coefficient (Wildman–Crippen LogP) is 6.39. The fourth-order valence-corrected chi connectivity index (χ4v) is 6.34. The number of nitrogens with zero attached hydrogens (tertiary/aromatic N) is 1. The molecule has 0 saturated carbocycles. The summed E-state index contributed by atoms with van der Waals surface area (Å²) in [6.07, 6.45) is 0.564. The number of rotatable bonds is 4. The van der Waals surface area contributed by atoms with E-state index in [4.69, 9.17) is 28.5 Å². The molecule has 3 N–H and O–H groups in total. The van der Waals surface area contributed by atoms with E-state index in [0.29, 0.717) is 33.9 Å². The van der Waals surface area contributed by atoms with E-state index >= 15 is 0 Å². The van der Waals surface area contributed by atoms with Crippen LogP contribution >= 0.6 is 23.2 Å². The van der Waals surface area contributed by atoms with Crippen LogP contribution in [0.3, 0.4) is 0 Å². The minimum absolute atomic E-state index is 0.0945. The Balaban J connectivity index is 1.69. The van der Waals surface area contributed by atoms with Crippen molar-refractivity contribution in [2.75, 3.05) is 10.6 Å². The average molecular weight is 565 g/mol. The van der Waals surface area contributed by atoms with Gasteiger partial charge in [0.1, 0.15) is 11.2 Å². The van der Waals surface area contributed by atoms with Crippen molar-refractivity contribution in [1.82, 2.24) is 5.32 Å². The van der Waals surface area contributed by atoms with Gasteiger partial charge in [-0.15, -0.1) is 0 Å². The van der Waals surface area contributed by atoms with Gasteiger partial charge in [-0.25, -0.2) is 4.39 Å². The van der Waals surface area contributed by atoms with Crippen LogP contribution < -0.4 is 16.0 Å². The number of halogens is 3. The standard InChI is InChI=1S/C30H27Cl2FN4O2/c1-29(2,3)14-24-30(20-10-7-18(31)13-23(20)36-28(30)39)25(17-6-11-22(33)21(32)12-17)26(37-24)27(38)35-19-8-4-16(15-34)5-9-19/h4-13,24-26,37H,14H2,1-3H3,(H,35,38)(H,36,39)/t24-,25-,26+,30?/m0/s1. The molecule has 2 amide bonds. The van der Waals surface area contributed by atoms with Gasteiger partial charge >= 0.3 is 0 Å². The molecule has 0 radical (unpaired) electrons. The van der Waals surface area contributed by atoms with Gasteiger partial charge in [-0.05, 0) is 71.5 Å². The van der Waals surface area contributed by atoms with Crippen molar-refractivity contribution >= 4 is 46.4 Å². The van der Waals surface area contributed by atoms with E-state index in [-0.39, 0.29) is 22.3 Å². The molecule has 3 aromatic rings. The van der Waals surface area contributed by atoms with Gasteiger partial charge in [-0.1, -0.05) is 56.1 Å². The molecule has 9 heteroatoms. The molecule has 2 aliphatic heterocycles. The Bertz CT molecular complexity index is 1510. The summed E-state index contributed by atoms with van der Waals surface area (Å²) in [5.74, 6) is -1.95. The zero-order valence-electron chi connectivity index (χ0n) is 21.6. The number of carbonyl (C=O) groups excluding carboxylic acids is 2. The molecule has 39 heavy (non-hydrogen) atoms. The lowest BCUT2D eigenvalue weighted by atomic mass is 9.62. The van der Waals surface area contributed by atoms with Gasteiger partial charge < -0.3 is 16.0 Å². The highest BCUT2D eigenvalue weighted by molar-refractivity contribution is 6.31. The summed E-state index contributed by atoms with van der Waals surface area (Å²) in [5.41, 5.74) is 1.42. The van der Waals surface area contributed by atoms with Crippen molar-refractivity contribution in [2.24, 2.45) is 5.41 Å². The summed E-state index contributed by atoms with van der Waals surface area (Å²) in [7, 11) is 0. The summed E-state index contributed by atoms with van der Waals surface area (Å²) in [6.45, 7) is 6.23. The van der Waals surface area contributed by atoms with E-state index in [2.05, 4.69) is 42.8 Å². The number of carbonyl (C=O) groups is 2. The third-order valence-electron chi connectivity index (χ3n) is 7.49. The zero-order valence-corrected chi connectivity index (χ0v) is 23.1. The van der Waals surface area contributed by atoms with Crippen LogP contribution in [0.25, 0.3) is 0 Å². The second-order valence-corrected chi connectivity index (χ2v) is 12.1. The topological polar surface area (TPSA) is 94.0 Å². The van der Waals surface area contributed by atoms with E-state index in [1.165, 1.54) is 12.1 Å². The normalized spacial score (nSPS) is 23.8. The summed E-state index contributed by atoms with van der Waals surface area (Å²) >= 11 is 12.5. The molecule has 0 aliphatic carbocycles. The maximum Gasteiger partial charge on any atom is 0.242 e. The third-order valence-corrected chi connectivity index (χ3v) is 8.01. The number of fused-ring (bicyclic) bond motifs is 2. The van der Waals surface area contributed by atoms with Crippen LogP contribution in [0.2, 0.25) is 10.0 Å². The molecule has 200 valence electrons. The predicted molar refractivity (Wildman–Crippen MR) is 150 cm³/mol. The summed E-state index contributed by atoms with van der Waals surface area (Å²) in [6, 6.07) is 16.9. The lowest BCUT2D eigenvalue weighted by molar-refractivity contribution is -0.122. The van der Waals surface area contributed by atoms with Gasteiger partial charge in [0.25, 0.3) is 0 Å². The number of nitriles is 1. The summed E-state index contributed by atoms with van der Waals surface area (Å²) < 4.78 is 14.3. The monoisotopic (exact) mass is 564 g/mol. The highest BCUT2D eigenvalue weighted by atomic mass is 35.5. The van der Waals surface area contributed by atoms with Crippen molar-refractivity contribution < 1.29 is 14.0 Å². The van der Waals surface area contributed by atoms with Gasteiger partial charge in [0.05, 0.1) is 22.7 Å². The summed E-state index contributed by atoms with van der Waals surface area (Å²) in [4.78, 5) is 28.1. The molecule has 5 rings (SSSR count). The summed E-state index contributed by atoms with van der Waals surface area (Å²) in [5, 5.41) is 18.9. The maximum absolute atomic E-state index is 14.3. The maximum atomic E-state index is 14.3. The molecule has 2 heterocycles. The molecule has 1 spiro atoms. The second kappa shape index (κ2) is 9.95. The van der Waals surface area contributed by atoms with Crippen LogP contribution in [0.4, 0.5) is 15.8 Å². The lowest BCUT2D eigenvalue weighted by Crippen LogP contribution is -2.49. The molecule has 3 aromatic carbocycles. The van der Waals surface area contributed by atoms with Gasteiger partial charge in [-0.3, -0.25) is 9.59 Å². The Morgan fingerprint density at radius 2 is 1.82 bits per heavy atom. The molecular weight excluding hydrogens is 538 g/mol. The molecule has 4 atom stereocenters. The van der Waals surface area contributed by atoms with E-state index in [9.17, 15) is 14.0 Å². The smallest absolute Gasteiger partial charge is 0.242 e. The lowest BCUT2D eigenvalue weighted by Gasteiger charge is -2.37. The number of amides is 2. The fourth-order valence-electron chi connectivity index (χ4n) is 5.98. The number of hydrogen-bond donors (Lipinski definition) is 3. The van der Waals surface area contributed by atoms with Gasteiger partial charge in [0.2, 0.25) is 11.8 Å². The Kier molecular flexibility index (Phi) is 6.92. The minimum atomic E-state index is -1.21. The molecule has 1 saturated heterocycles. The van der Waals surface area contributed by atoms with Gasteiger partial charge in [0.15, 0.2) is 0 Å². The number of nitrogens with one attached hydrogen (secondary N) is 3. The number of hydrogen-bond acceptors (Lipinski definition) is 4.